The Bertz CT molecular complexity index is 1450. The zero-order chi connectivity index (χ0) is 28.8. The number of anilines is 1. The highest BCUT2D eigenvalue weighted by molar-refractivity contribution is 8.23. The van der Waals surface area contributed by atoms with Crippen LogP contribution in [-0.2, 0) is 16.1 Å². The van der Waals surface area contributed by atoms with Crippen molar-refractivity contribution in [3.8, 4) is 5.75 Å². The molecule has 0 radical (unpaired) electrons. The number of nitrogens with zero attached hydrogens (tertiary/aromatic N) is 3. The first-order valence-corrected chi connectivity index (χ1v) is 14.8. The van der Waals surface area contributed by atoms with Gasteiger partial charge in [0.2, 0.25) is 11.8 Å². The summed E-state index contributed by atoms with van der Waals surface area (Å²) in [6.45, 7) is 4.26. The minimum absolute atomic E-state index is 0.0972. The molecule has 3 aromatic carbocycles. The number of methoxy groups -OCH3 is 1. The third kappa shape index (κ3) is 6.93. The average Bonchev–Trinajstić information content (AvgIpc) is 3.28. The molecule has 0 bridgehead atoms. The number of hydrogen-bond acceptors (Lipinski definition) is 7. The number of imide groups is 1. The highest BCUT2D eigenvalue weighted by Crippen LogP contribution is 2.32. The standard InChI is InChI=1S/C32H31N3O4S2/c1-39-28-10-6-5-9-25(28)13-16-27(36)24-11-14-26(15-12-24)35-30(37)21-29(31(35)38)41-32(40)34-19-17-33(18-20-34)22-23-7-3-2-4-8-23/h2-16,29H,17-22H2,1H3/b16-13+/t29-/m0/s1. The van der Waals surface area contributed by atoms with E-state index in [4.69, 9.17) is 17.0 Å². The van der Waals surface area contributed by atoms with Crippen LogP contribution >= 0.6 is 24.0 Å². The molecule has 2 aliphatic heterocycles. The second kappa shape index (κ2) is 13.2. The number of carbonyl (C=O) groups excluding carboxylic acids is 3. The number of piperazine rings is 1. The van der Waals surface area contributed by atoms with Gasteiger partial charge in [-0.05, 0) is 48.0 Å². The van der Waals surface area contributed by atoms with Crippen molar-refractivity contribution in [1.29, 1.82) is 0 Å². The number of benzene rings is 3. The predicted molar refractivity (Wildman–Crippen MR) is 167 cm³/mol. The summed E-state index contributed by atoms with van der Waals surface area (Å²) in [4.78, 5) is 44.5. The Balaban J connectivity index is 1.15. The van der Waals surface area contributed by atoms with E-state index in [1.54, 1.807) is 37.5 Å². The molecule has 0 aliphatic carbocycles. The SMILES string of the molecule is COc1ccccc1/C=C/C(=O)c1ccc(N2C(=O)C[C@H](SC(=S)N3CCN(Cc4ccccc4)CC3)C2=O)cc1. The first-order chi connectivity index (χ1) is 19.9. The summed E-state index contributed by atoms with van der Waals surface area (Å²) in [5.74, 6) is -0.0577. The molecule has 0 aromatic heterocycles. The van der Waals surface area contributed by atoms with E-state index in [9.17, 15) is 14.4 Å². The van der Waals surface area contributed by atoms with E-state index in [2.05, 4.69) is 34.1 Å². The molecule has 3 aromatic rings. The Morgan fingerprint density at radius 1 is 0.951 bits per heavy atom. The van der Waals surface area contributed by atoms with Crippen LogP contribution in [0.15, 0.2) is 84.9 Å². The van der Waals surface area contributed by atoms with Crippen LogP contribution in [0.4, 0.5) is 5.69 Å². The molecule has 7 nitrogen and oxygen atoms in total. The van der Waals surface area contributed by atoms with Crippen molar-refractivity contribution in [3.05, 3.63) is 102 Å². The molecule has 2 aliphatic rings. The number of ether oxygens (including phenoxy) is 1. The van der Waals surface area contributed by atoms with Crippen molar-refractivity contribution >= 4 is 57.7 Å². The van der Waals surface area contributed by atoms with Crippen LogP contribution in [0.3, 0.4) is 0 Å². The molecule has 9 heteroatoms. The van der Waals surface area contributed by atoms with E-state index in [0.717, 1.165) is 38.3 Å². The molecule has 41 heavy (non-hydrogen) atoms. The lowest BCUT2D eigenvalue weighted by molar-refractivity contribution is -0.121. The fourth-order valence-electron chi connectivity index (χ4n) is 4.93. The molecule has 210 valence electrons. The smallest absolute Gasteiger partial charge is 0.247 e. The maximum absolute atomic E-state index is 13.2. The lowest BCUT2D eigenvalue weighted by Gasteiger charge is -2.36. The third-order valence-corrected chi connectivity index (χ3v) is 8.85. The van der Waals surface area contributed by atoms with Gasteiger partial charge in [-0.3, -0.25) is 19.3 Å². The molecule has 1 atom stereocenters. The van der Waals surface area contributed by atoms with Crippen LogP contribution in [0, 0.1) is 0 Å². The van der Waals surface area contributed by atoms with Crippen LogP contribution in [0.25, 0.3) is 6.08 Å². The van der Waals surface area contributed by atoms with E-state index < -0.39 is 5.25 Å². The van der Waals surface area contributed by atoms with Crippen LogP contribution in [0.1, 0.15) is 27.9 Å². The number of thiocarbonyl (C=S) groups is 1. The number of amides is 2. The van der Waals surface area contributed by atoms with Gasteiger partial charge >= 0.3 is 0 Å². The number of hydrogen-bond donors (Lipinski definition) is 0. The fourth-order valence-corrected chi connectivity index (χ4v) is 6.47. The van der Waals surface area contributed by atoms with E-state index in [0.29, 0.717) is 21.3 Å². The van der Waals surface area contributed by atoms with E-state index in [1.165, 1.54) is 28.3 Å². The summed E-state index contributed by atoms with van der Waals surface area (Å²) in [5, 5.41) is -0.553. The van der Waals surface area contributed by atoms with E-state index >= 15 is 0 Å². The summed E-state index contributed by atoms with van der Waals surface area (Å²) in [6, 6.07) is 24.3. The molecule has 0 N–H and O–H groups in total. The van der Waals surface area contributed by atoms with E-state index in [1.807, 2.05) is 30.3 Å². The summed E-state index contributed by atoms with van der Waals surface area (Å²) in [7, 11) is 1.58. The summed E-state index contributed by atoms with van der Waals surface area (Å²) in [5.41, 5.74) is 2.99. The number of para-hydroxylation sites is 1. The van der Waals surface area contributed by atoms with Gasteiger partial charge in [-0.15, -0.1) is 0 Å². The maximum atomic E-state index is 13.2. The number of allylic oxidation sites excluding steroid dienone is 1. The van der Waals surface area contributed by atoms with Gasteiger partial charge in [-0.2, -0.15) is 0 Å². The van der Waals surface area contributed by atoms with Crippen molar-refractivity contribution in [1.82, 2.24) is 9.80 Å². The normalized spacial score (nSPS) is 17.8. The van der Waals surface area contributed by atoms with Crippen LogP contribution in [0.2, 0.25) is 0 Å². The van der Waals surface area contributed by atoms with Gasteiger partial charge in [-0.25, -0.2) is 4.90 Å². The topological polar surface area (TPSA) is 70.2 Å². The van der Waals surface area contributed by atoms with Gasteiger partial charge in [0.15, 0.2) is 5.78 Å². The molecule has 0 unspecified atom stereocenters. The molecular formula is C32H31N3O4S2. The van der Waals surface area contributed by atoms with E-state index in [-0.39, 0.29) is 24.0 Å². The Morgan fingerprint density at radius 3 is 2.34 bits per heavy atom. The van der Waals surface area contributed by atoms with Gasteiger partial charge < -0.3 is 9.64 Å². The van der Waals surface area contributed by atoms with Crippen molar-refractivity contribution in [2.45, 2.75) is 18.2 Å². The molecule has 2 heterocycles. The average molecular weight is 586 g/mol. The zero-order valence-electron chi connectivity index (χ0n) is 22.8. The van der Waals surface area contributed by atoms with Crippen LogP contribution in [0.5, 0.6) is 5.75 Å². The summed E-state index contributed by atoms with van der Waals surface area (Å²) < 4.78 is 5.97. The first-order valence-electron chi connectivity index (χ1n) is 13.5. The molecule has 0 spiro atoms. The van der Waals surface area contributed by atoms with Gasteiger partial charge in [0, 0.05) is 50.3 Å². The molecule has 2 saturated heterocycles. The number of carbonyl (C=O) groups is 3. The highest BCUT2D eigenvalue weighted by Gasteiger charge is 2.41. The molecule has 5 rings (SSSR count). The maximum Gasteiger partial charge on any atom is 0.247 e. The van der Waals surface area contributed by atoms with Gasteiger partial charge in [0.1, 0.15) is 15.3 Å². The largest absolute Gasteiger partial charge is 0.496 e. The second-order valence-electron chi connectivity index (χ2n) is 9.88. The highest BCUT2D eigenvalue weighted by atomic mass is 32.2. The Hall–Kier alpha value is -3.79. The van der Waals surface area contributed by atoms with Gasteiger partial charge in [0.05, 0.1) is 12.8 Å². The Kier molecular flexibility index (Phi) is 9.28. The number of ketones is 1. The van der Waals surface area contributed by atoms with Gasteiger partial charge in [-0.1, -0.05) is 72.5 Å². The molecule has 2 amide bonds. The Labute approximate surface area is 249 Å². The van der Waals surface area contributed by atoms with Crippen molar-refractivity contribution in [3.63, 3.8) is 0 Å². The molecule has 2 fully saturated rings. The minimum Gasteiger partial charge on any atom is -0.496 e. The van der Waals surface area contributed by atoms with Crippen molar-refractivity contribution in [2.24, 2.45) is 0 Å². The van der Waals surface area contributed by atoms with Gasteiger partial charge in [0.25, 0.3) is 0 Å². The predicted octanol–water partition coefficient (Wildman–Crippen LogP) is 5.06. The second-order valence-corrected chi connectivity index (χ2v) is 11.7. The zero-order valence-corrected chi connectivity index (χ0v) is 24.4. The molecular weight excluding hydrogens is 555 g/mol. The lowest BCUT2D eigenvalue weighted by Crippen LogP contribution is -2.47. The van der Waals surface area contributed by atoms with Crippen LogP contribution < -0.4 is 9.64 Å². The summed E-state index contributed by atoms with van der Waals surface area (Å²) >= 11 is 6.98. The minimum atomic E-state index is -0.553. The quantitative estimate of drug-likeness (QED) is 0.157. The third-order valence-electron chi connectivity index (χ3n) is 7.19. The monoisotopic (exact) mass is 585 g/mol. The Morgan fingerprint density at radius 2 is 1.63 bits per heavy atom. The van der Waals surface area contributed by atoms with Crippen LogP contribution in [-0.4, -0.2) is 70.3 Å². The lowest BCUT2D eigenvalue weighted by atomic mass is 10.1. The summed E-state index contributed by atoms with van der Waals surface area (Å²) in [6.07, 6.45) is 3.28. The molecule has 0 saturated carbocycles. The first kappa shape index (κ1) is 28.7. The number of thioether (sulfide) groups is 1. The van der Waals surface area contributed by atoms with Crippen molar-refractivity contribution < 1.29 is 19.1 Å². The number of rotatable bonds is 8. The van der Waals surface area contributed by atoms with Crippen molar-refractivity contribution in [2.75, 3.05) is 38.2 Å². The fraction of sp³-hybridized carbons (Fsp3) is 0.250.